The van der Waals surface area contributed by atoms with Gasteiger partial charge in [-0.3, -0.25) is 0 Å². The van der Waals surface area contributed by atoms with Gasteiger partial charge in [0, 0.05) is 24.5 Å². The van der Waals surface area contributed by atoms with Gasteiger partial charge in [0.2, 0.25) is 0 Å². The van der Waals surface area contributed by atoms with Crippen molar-refractivity contribution < 1.29 is 9.90 Å². The van der Waals surface area contributed by atoms with E-state index in [0.29, 0.717) is 18.7 Å². The van der Waals surface area contributed by atoms with E-state index < -0.39 is 5.97 Å². The van der Waals surface area contributed by atoms with Crippen LogP contribution in [0.4, 0.5) is 0 Å². The van der Waals surface area contributed by atoms with Crippen LogP contribution >= 0.6 is 11.8 Å². The highest BCUT2D eigenvalue weighted by Crippen LogP contribution is 2.19. The number of nitrogens with zero attached hydrogens (tertiary/aromatic N) is 2. The third kappa shape index (κ3) is 2.35. The van der Waals surface area contributed by atoms with Gasteiger partial charge in [-0.1, -0.05) is 30.3 Å². The van der Waals surface area contributed by atoms with Gasteiger partial charge < -0.3 is 5.11 Å². The zero-order valence-corrected chi connectivity index (χ0v) is 9.26. The maximum absolute atomic E-state index is 10.8. The molecule has 16 heavy (non-hydrogen) atoms. The van der Waals surface area contributed by atoms with E-state index >= 15 is 0 Å². The molecule has 2 rings (SSSR count). The van der Waals surface area contributed by atoms with E-state index in [1.165, 1.54) is 10.7 Å². The molecule has 0 saturated carbocycles. The zero-order valence-electron chi connectivity index (χ0n) is 8.51. The summed E-state index contributed by atoms with van der Waals surface area (Å²) in [6, 6.07) is 9.77. The Morgan fingerprint density at radius 3 is 2.62 bits per heavy atom. The van der Waals surface area contributed by atoms with Gasteiger partial charge in [0.15, 0.2) is 0 Å². The van der Waals surface area contributed by atoms with Crippen molar-refractivity contribution in [2.45, 2.75) is 6.54 Å². The number of rotatable bonds is 3. The van der Waals surface area contributed by atoms with E-state index in [-0.39, 0.29) is 0 Å². The molecule has 1 N–H and O–H groups in total. The molecular weight excluding hydrogens is 228 g/mol. The summed E-state index contributed by atoms with van der Waals surface area (Å²) in [7, 11) is 0. The first kappa shape index (κ1) is 11.0. The predicted molar refractivity (Wildman–Crippen MR) is 60.3 cm³/mol. The maximum Gasteiger partial charge on any atom is 0.334 e. The van der Waals surface area contributed by atoms with Crippen molar-refractivity contribution in [2.24, 2.45) is 0 Å². The molecule has 1 heterocycles. The largest absolute Gasteiger partial charge is 0.478 e. The number of benzene rings is 1. The normalized spacial score (nSPS) is 16.3. The lowest BCUT2D eigenvalue weighted by Crippen LogP contribution is -2.28. The highest BCUT2D eigenvalue weighted by atomic mass is 35.5. The minimum absolute atomic E-state index is 0.297. The van der Waals surface area contributed by atoms with Gasteiger partial charge in [0.25, 0.3) is 0 Å². The molecule has 0 unspecified atom stereocenters. The van der Waals surface area contributed by atoms with E-state index in [2.05, 4.69) is 0 Å². The number of hydrogen-bond acceptors (Lipinski definition) is 3. The van der Waals surface area contributed by atoms with Gasteiger partial charge in [-0.05, 0) is 5.56 Å². The van der Waals surface area contributed by atoms with Crippen LogP contribution in [0, 0.1) is 0 Å². The van der Waals surface area contributed by atoms with Gasteiger partial charge in [-0.25, -0.2) is 9.32 Å². The van der Waals surface area contributed by atoms with Crippen molar-refractivity contribution in [2.75, 3.05) is 6.54 Å². The molecule has 0 radical (unpaired) electrons. The second-order valence-electron chi connectivity index (χ2n) is 3.56. The number of hydrazine groups is 1. The summed E-state index contributed by atoms with van der Waals surface area (Å²) in [5, 5.41) is 10.6. The first-order valence-electron chi connectivity index (χ1n) is 4.84. The molecular formula is C11H11ClN2O2. The molecule has 0 spiro atoms. The van der Waals surface area contributed by atoms with E-state index in [1.807, 2.05) is 30.3 Å². The molecule has 5 heteroatoms. The van der Waals surface area contributed by atoms with Crippen LogP contribution in [-0.2, 0) is 11.3 Å². The van der Waals surface area contributed by atoms with Crippen molar-refractivity contribution >= 4 is 17.7 Å². The Hall–Kier alpha value is -1.52. The van der Waals surface area contributed by atoms with E-state index in [0.717, 1.165) is 5.56 Å². The molecule has 0 atom stereocenters. The average Bonchev–Trinajstić information content (AvgIpc) is 2.62. The number of carboxylic acid groups (broad SMARTS) is 1. The highest BCUT2D eigenvalue weighted by molar-refractivity contribution is 6.14. The molecule has 84 valence electrons. The smallest absolute Gasteiger partial charge is 0.334 e. The van der Waals surface area contributed by atoms with Crippen LogP contribution < -0.4 is 0 Å². The van der Waals surface area contributed by atoms with Gasteiger partial charge in [-0.2, -0.15) is 5.01 Å². The minimum atomic E-state index is -0.929. The van der Waals surface area contributed by atoms with Gasteiger partial charge in [0.1, 0.15) is 0 Å². The van der Waals surface area contributed by atoms with Crippen LogP contribution in [0.2, 0.25) is 0 Å². The van der Waals surface area contributed by atoms with E-state index in [1.54, 1.807) is 5.01 Å². The fourth-order valence-electron chi connectivity index (χ4n) is 1.56. The molecule has 1 aromatic rings. The van der Waals surface area contributed by atoms with Crippen LogP contribution in [0.25, 0.3) is 0 Å². The van der Waals surface area contributed by atoms with E-state index in [9.17, 15) is 4.79 Å². The second-order valence-corrected chi connectivity index (χ2v) is 3.90. The first-order chi connectivity index (χ1) is 7.66. The lowest BCUT2D eigenvalue weighted by Gasteiger charge is -2.21. The molecule has 0 bridgehead atoms. The fourth-order valence-corrected chi connectivity index (χ4v) is 1.78. The molecule has 4 nitrogen and oxygen atoms in total. The van der Waals surface area contributed by atoms with Gasteiger partial charge in [0.05, 0.1) is 12.1 Å². The van der Waals surface area contributed by atoms with E-state index in [4.69, 9.17) is 16.9 Å². The number of aliphatic carboxylic acids is 1. The Balaban J connectivity index is 2.02. The Kier molecular flexibility index (Phi) is 3.12. The molecule has 0 saturated heterocycles. The van der Waals surface area contributed by atoms with Crippen LogP contribution in [0.5, 0.6) is 0 Å². The Morgan fingerprint density at radius 1 is 1.38 bits per heavy atom. The number of carbonyl (C=O) groups is 1. The van der Waals surface area contributed by atoms with Crippen LogP contribution in [-0.4, -0.2) is 27.2 Å². The molecule has 0 amide bonds. The summed E-state index contributed by atoms with van der Waals surface area (Å²) in [4.78, 5) is 10.8. The Labute approximate surface area is 98.4 Å². The Morgan fingerprint density at radius 2 is 2.06 bits per heavy atom. The monoisotopic (exact) mass is 238 g/mol. The summed E-state index contributed by atoms with van der Waals surface area (Å²) in [5.74, 6) is -0.929. The summed E-state index contributed by atoms with van der Waals surface area (Å²) < 4.78 is 1.30. The standard InChI is InChI=1S/C11H11ClN2O2/c12-14-8-10(11(15)16)7-13(14)6-9-4-2-1-3-5-9/h1-5,8H,6-7H2,(H,15,16). The van der Waals surface area contributed by atoms with Crippen LogP contribution in [0.15, 0.2) is 42.1 Å². The molecule has 0 fully saturated rings. The highest BCUT2D eigenvalue weighted by Gasteiger charge is 2.24. The van der Waals surface area contributed by atoms with Crippen molar-refractivity contribution in [1.29, 1.82) is 0 Å². The van der Waals surface area contributed by atoms with Gasteiger partial charge in [-0.15, -0.1) is 0 Å². The lowest BCUT2D eigenvalue weighted by atomic mass is 10.2. The average molecular weight is 239 g/mol. The fraction of sp³-hybridized carbons (Fsp3) is 0.182. The molecule has 0 aromatic heterocycles. The lowest BCUT2D eigenvalue weighted by molar-refractivity contribution is -0.132. The topological polar surface area (TPSA) is 43.8 Å². The minimum Gasteiger partial charge on any atom is -0.478 e. The molecule has 1 aromatic carbocycles. The quantitative estimate of drug-likeness (QED) is 0.817. The molecule has 0 aliphatic carbocycles. The number of halogens is 1. The van der Waals surface area contributed by atoms with Crippen molar-refractivity contribution in [1.82, 2.24) is 9.54 Å². The third-order valence-electron chi connectivity index (χ3n) is 2.37. The summed E-state index contributed by atoms with van der Waals surface area (Å²) in [6.45, 7) is 0.922. The summed E-state index contributed by atoms with van der Waals surface area (Å²) in [6.07, 6.45) is 1.42. The summed E-state index contributed by atoms with van der Waals surface area (Å²) in [5.41, 5.74) is 1.39. The zero-order chi connectivity index (χ0) is 11.5. The first-order valence-corrected chi connectivity index (χ1v) is 5.18. The predicted octanol–water partition coefficient (Wildman–Crippen LogP) is 1.84. The molecule has 1 aliphatic rings. The second kappa shape index (κ2) is 4.55. The SMILES string of the molecule is O=C(O)C1=CN(Cl)N(Cc2ccccc2)C1. The van der Waals surface area contributed by atoms with Crippen molar-refractivity contribution in [3.8, 4) is 0 Å². The van der Waals surface area contributed by atoms with Crippen LogP contribution in [0.3, 0.4) is 0 Å². The maximum atomic E-state index is 10.8. The van der Waals surface area contributed by atoms with Crippen molar-refractivity contribution in [3.05, 3.63) is 47.7 Å². The summed E-state index contributed by atoms with van der Waals surface area (Å²) >= 11 is 5.89. The third-order valence-corrected chi connectivity index (χ3v) is 2.68. The number of hydrogen-bond donors (Lipinski definition) is 1. The molecule has 1 aliphatic heterocycles. The van der Waals surface area contributed by atoms with Gasteiger partial charge >= 0.3 is 5.97 Å². The Bertz CT molecular complexity index is 419. The van der Waals surface area contributed by atoms with Crippen LogP contribution in [0.1, 0.15) is 5.56 Å². The number of carboxylic acids is 1. The van der Waals surface area contributed by atoms with Crippen molar-refractivity contribution in [3.63, 3.8) is 0 Å².